The van der Waals surface area contributed by atoms with Crippen LogP contribution >= 0.6 is 11.3 Å². The Hall–Kier alpha value is -3.23. The highest BCUT2D eigenvalue weighted by molar-refractivity contribution is 7.91. The quantitative estimate of drug-likeness (QED) is 0.354. The molecule has 33 heavy (non-hydrogen) atoms. The van der Waals surface area contributed by atoms with Crippen molar-refractivity contribution in [3.63, 3.8) is 0 Å². The smallest absolute Gasteiger partial charge is 0.230 e. The maximum Gasteiger partial charge on any atom is 0.230 e. The fourth-order valence-corrected chi connectivity index (χ4v) is 5.62. The number of carbonyl (C=O) groups is 1. The van der Waals surface area contributed by atoms with E-state index in [1.54, 1.807) is 36.3 Å². The lowest BCUT2D eigenvalue weighted by atomic mass is 10.2. The summed E-state index contributed by atoms with van der Waals surface area (Å²) in [6.07, 6.45) is -0.137. The first kappa shape index (κ1) is 22.9. The Morgan fingerprint density at radius 2 is 1.76 bits per heavy atom. The minimum atomic E-state index is -3.58. The summed E-state index contributed by atoms with van der Waals surface area (Å²) in [5.74, 6) is 0.155. The van der Waals surface area contributed by atoms with Crippen LogP contribution in [-0.2, 0) is 21.2 Å². The highest BCUT2D eigenvalue weighted by Gasteiger charge is 2.23. The number of sulfone groups is 1. The van der Waals surface area contributed by atoms with Crippen LogP contribution in [0.15, 0.2) is 77.7 Å². The fourth-order valence-electron chi connectivity index (χ4n) is 3.38. The highest BCUT2D eigenvalue weighted by atomic mass is 32.2. The van der Waals surface area contributed by atoms with E-state index in [-0.39, 0.29) is 23.0 Å². The van der Waals surface area contributed by atoms with Crippen molar-refractivity contribution in [3.8, 4) is 5.75 Å². The summed E-state index contributed by atoms with van der Waals surface area (Å²) in [5.41, 5.74) is 2.67. The van der Waals surface area contributed by atoms with Gasteiger partial charge >= 0.3 is 0 Å². The Balaban J connectivity index is 1.60. The number of thiazole rings is 1. The van der Waals surface area contributed by atoms with Gasteiger partial charge in [0.25, 0.3) is 0 Å². The highest BCUT2D eigenvalue weighted by Crippen LogP contribution is 2.32. The standard InChI is InChI=1S/C25H24N2O4S2/c1-18-8-11-21(12-9-18)33(29,30)15-14-24(28)27(17-19-6-4-3-5-7-19)25-26-22-13-10-20(31-2)16-23(22)32-25/h3-13,16H,14-15,17H2,1-2H3. The molecule has 4 rings (SSSR count). The molecule has 1 amide bonds. The van der Waals surface area contributed by atoms with E-state index >= 15 is 0 Å². The summed E-state index contributed by atoms with van der Waals surface area (Å²) in [4.78, 5) is 19.7. The zero-order chi connectivity index (χ0) is 23.4. The third-order valence-electron chi connectivity index (χ3n) is 5.26. The van der Waals surface area contributed by atoms with E-state index in [2.05, 4.69) is 4.98 Å². The van der Waals surface area contributed by atoms with Crippen molar-refractivity contribution >= 4 is 42.4 Å². The lowest BCUT2D eigenvalue weighted by Crippen LogP contribution is -2.31. The molecule has 0 N–H and O–H groups in total. The van der Waals surface area contributed by atoms with Crippen molar-refractivity contribution in [2.24, 2.45) is 0 Å². The third kappa shape index (κ3) is 5.40. The molecule has 0 unspecified atom stereocenters. The molecule has 8 heteroatoms. The number of benzene rings is 3. The van der Waals surface area contributed by atoms with Crippen LogP contribution in [0.1, 0.15) is 17.5 Å². The van der Waals surface area contributed by atoms with Crippen LogP contribution in [0.25, 0.3) is 10.2 Å². The van der Waals surface area contributed by atoms with E-state index in [1.165, 1.54) is 11.3 Å². The molecule has 0 spiro atoms. The normalized spacial score (nSPS) is 11.5. The predicted molar refractivity (Wildman–Crippen MR) is 132 cm³/mol. The molecule has 0 aliphatic carbocycles. The minimum Gasteiger partial charge on any atom is -0.497 e. The SMILES string of the molecule is COc1ccc2nc(N(Cc3ccccc3)C(=O)CCS(=O)(=O)c3ccc(C)cc3)sc2c1. The molecule has 0 saturated heterocycles. The largest absolute Gasteiger partial charge is 0.497 e. The summed E-state index contributed by atoms with van der Waals surface area (Å²) in [6.45, 7) is 2.20. The number of carbonyl (C=O) groups excluding carboxylic acids is 1. The average Bonchev–Trinajstić information content (AvgIpc) is 3.25. The first-order valence-corrected chi connectivity index (χ1v) is 12.9. The van der Waals surface area contributed by atoms with Crippen LogP contribution in [-0.4, -0.2) is 32.2 Å². The van der Waals surface area contributed by atoms with Crippen molar-refractivity contribution in [2.75, 3.05) is 17.8 Å². The van der Waals surface area contributed by atoms with Gasteiger partial charge in [0, 0.05) is 6.42 Å². The Morgan fingerprint density at radius 3 is 2.45 bits per heavy atom. The summed E-state index contributed by atoms with van der Waals surface area (Å²) in [7, 11) is -1.98. The van der Waals surface area contributed by atoms with E-state index in [0.29, 0.717) is 17.4 Å². The zero-order valence-electron chi connectivity index (χ0n) is 18.4. The van der Waals surface area contributed by atoms with Gasteiger partial charge in [0.2, 0.25) is 5.91 Å². The Bertz CT molecular complexity index is 1360. The molecule has 0 saturated carbocycles. The van der Waals surface area contributed by atoms with Crippen molar-refractivity contribution < 1.29 is 17.9 Å². The number of aromatic nitrogens is 1. The Labute approximate surface area is 197 Å². The van der Waals surface area contributed by atoms with Crippen LogP contribution < -0.4 is 9.64 Å². The van der Waals surface area contributed by atoms with E-state index in [4.69, 9.17) is 4.74 Å². The van der Waals surface area contributed by atoms with Crippen LogP contribution in [0, 0.1) is 6.92 Å². The maximum atomic E-state index is 13.3. The summed E-state index contributed by atoms with van der Waals surface area (Å²) in [5, 5.41) is 0.528. The average molecular weight is 481 g/mol. The molecule has 0 radical (unpaired) electrons. The van der Waals surface area contributed by atoms with Gasteiger partial charge in [-0.15, -0.1) is 0 Å². The summed E-state index contributed by atoms with van der Waals surface area (Å²) in [6, 6.07) is 21.8. The van der Waals surface area contributed by atoms with Gasteiger partial charge in [0.15, 0.2) is 15.0 Å². The van der Waals surface area contributed by atoms with Gasteiger partial charge in [-0.05, 0) is 42.8 Å². The zero-order valence-corrected chi connectivity index (χ0v) is 20.0. The molecule has 6 nitrogen and oxygen atoms in total. The fraction of sp³-hybridized carbons (Fsp3) is 0.200. The van der Waals surface area contributed by atoms with Crippen LogP contribution in [0.3, 0.4) is 0 Å². The summed E-state index contributed by atoms with van der Waals surface area (Å²) >= 11 is 1.38. The topological polar surface area (TPSA) is 76.6 Å². The monoisotopic (exact) mass is 480 g/mol. The lowest BCUT2D eigenvalue weighted by molar-refractivity contribution is -0.118. The molecule has 0 bridgehead atoms. The van der Waals surface area contributed by atoms with Gasteiger partial charge in [0.05, 0.1) is 34.5 Å². The Morgan fingerprint density at radius 1 is 1.03 bits per heavy atom. The molecule has 1 heterocycles. The second kappa shape index (κ2) is 9.72. The molecule has 1 aromatic heterocycles. The van der Waals surface area contributed by atoms with Crippen LogP contribution in [0.2, 0.25) is 0 Å². The van der Waals surface area contributed by atoms with Crippen molar-refractivity contribution in [2.45, 2.75) is 24.8 Å². The van der Waals surface area contributed by atoms with Crippen LogP contribution in [0.4, 0.5) is 5.13 Å². The number of aryl methyl sites for hydroxylation is 1. The number of hydrogen-bond acceptors (Lipinski definition) is 6. The number of rotatable bonds is 8. The molecule has 170 valence electrons. The van der Waals surface area contributed by atoms with Gasteiger partial charge in [-0.3, -0.25) is 9.69 Å². The first-order valence-electron chi connectivity index (χ1n) is 10.4. The summed E-state index contributed by atoms with van der Waals surface area (Å²) < 4.78 is 31.7. The van der Waals surface area contributed by atoms with Gasteiger partial charge in [0.1, 0.15) is 5.75 Å². The second-order valence-corrected chi connectivity index (χ2v) is 10.8. The molecular weight excluding hydrogens is 456 g/mol. The number of amides is 1. The molecule has 0 atom stereocenters. The first-order chi connectivity index (χ1) is 15.9. The third-order valence-corrected chi connectivity index (χ3v) is 8.04. The lowest BCUT2D eigenvalue weighted by Gasteiger charge is -2.20. The molecule has 0 aliphatic rings. The van der Waals surface area contributed by atoms with Crippen molar-refractivity contribution in [3.05, 3.63) is 83.9 Å². The van der Waals surface area contributed by atoms with Gasteiger partial charge < -0.3 is 4.74 Å². The number of hydrogen-bond donors (Lipinski definition) is 0. The number of fused-ring (bicyclic) bond motifs is 1. The molecular formula is C25H24N2O4S2. The molecule has 3 aromatic carbocycles. The number of ether oxygens (including phenoxy) is 1. The molecule has 0 fully saturated rings. The second-order valence-electron chi connectivity index (χ2n) is 7.68. The van der Waals surface area contributed by atoms with Crippen molar-refractivity contribution in [1.82, 2.24) is 4.98 Å². The van der Waals surface area contributed by atoms with E-state index in [1.807, 2.05) is 55.5 Å². The minimum absolute atomic E-state index is 0.137. The predicted octanol–water partition coefficient (Wildman–Crippen LogP) is 5.01. The number of methoxy groups -OCH3 is 1. The van der Waals surface area contributed by atoms with Crippen LogP contribution in [0.5, 0.6) is 5.75 Å². The van der Waals surface area contributed by atoms with E-state index in [0.717, 1.165) is 21.3 Å². The number of nitrogens with zero attached hydrogens (tertiary/aromatic N) is 2. The maximum absolute atomic E-state index is 13.3. The van der Waals surface area contributed by atoms with Gasteiger partial charge in [-0.1, -0.05) is 59.4 Å². The van der Waals surface area contributed by atoms with Crippen molar-refractivity contribution in [1.29, 1.82) is 0 Å². The molecule has 4 aromatic rings. The van der Waals surface area contributed by atoms with E-state index < -0.39 is 9.84 Å². The van der Waals surface area contributed by atoms with Gasteiger partial charge in [-0.25, -0.2) is 13.4 Å². The van der Waals surface area contributed by atoms with Gasteiger partial charge in [-0.2, -0.15) is 0 Å². The molecule has 0 aliphatic heterocycles. The number of anilines is 1. The Kier molecular flexibility index (Phi) is 6.76. The van der Waals surface area contributed by atoms with E-state index in [9.17, 15) is 13.2 Å².